The van der Waals surface area contributed by atoms with Gasteiger partial charge in [-0.3, -0.25) is 4.40 Å². The van der Waals surface area contributed by atoms with E-state index in [1.807, 2.05) is 0 Å². The second kappa shape index (κ2) is 2.73. The minimum Gasteiger partial charge on any atom is -0.476 e. The fourth-order valence-electron chi connectivity index (χ4n) is 1.47. The van der Waals surface area contributed by atoms with Crippen LogP contribution in [0.1, 0.15) is 16.2 Å². The molecule has 0 saturated heterocycles. The SMILES string of the molecule is Cc1c(C(=O)O)nc2cccc(N)n12. The maximum absolute atomic E-state index is 10.8. The number of hydrogen-bond donors (Lipinski definition) is 2. The molecule has 2 aromatic heterocycles. The van der Waals surface area contributed by atoms with E-state index < -0.39 is 5.97 Å². The van der Waals surface area contributed by atoms with Gasteiger partial charge in [0.15, 0.2) is 5.69 Å². The van der Waals surface area contributed by atoms with Crippen LogP contribution in [0.5, 0.6) is 0 Å². The van der Waals surface area contributed by atoms with E-state index in [-0.39, 0.29) is 5.69 Å². The van der Waals surface area contributed by atoms with Crippen molar-refractivity contribution >= 4 is 17.4 Å². The minimum absolute atomic E-state index is 0.0444. The van der Waals surface area contributed by atoms with Gasteiger partial charge in [-0.2, -0.15) is 0 Å². The Morgan fingerprint density at radius 3 is 2.86 bits per heavy atom. The Kier molecular flexibility index (Phi) is 1.67. The van der Waals surface area contributed by atoms with Crippen molar-refractivity contribution in [2.45, 2.75) is 6.92 Å². The molecule has 2 aromatic rings. The molecule has 0 saturated carbocycles. The molecule has 0 bridgehead atoms. The van der Waals surface area contributed by atoms with Gasteiger partial charge in [-0.05, 0) is 19.1 Å². The zero-order chi connectivity index (χ0) is 10.3. The Hall–Kier alpha value is -2.04. The average Bonchev–Trinajstić information content (AvgIpc) is 2.45. The summed E-state index contributed by atoms with van der Waals surface area (Å²) in [5.41, 5.74) is 6.85. The number of aromatic carboxylic acids is 1. The number of imidazole rings is 1. The lowest BCUT2D eigenvalue weighted by atomic mass is 10.3. The molecule has 0 radical (unpaired) electrons. The number of nitrogens with zero attached hydrogens (tertiary/aromatic N) is 2. The highest BCUT2D eigenvalue weighted by Crippen LogP contribution is 2.15. The van der Waals surface area contributed by atoms with Gasteiger partial charge in [0.25, 0.3) is 0 Å². The van der Waals surface area contributed by atoms with Gasteiger partial charge in [-0.25, -0.2) is 9.78 Å². The highest BCUT2D eigenvalue weighted by molar-refractivity contribution is 5.88. The number of nitrogen functional groups attached to an aromatic ring is 1. The Labute approximate surface area is 79.8 Å². The van der Waals surface area contributed by atoms with Crippen LogP contribution in [0.4, 0.5) is 5.82 Å². The number of pyridine rings is 1. The van der Waals surface area contributed by atoms with Crippen LogP contribution >= 0.6 is 0 Å². The largest absolute Gasteiger partial charge is 0.476 e. The molecule has 0 atom stereocenters. The standard InChI is InChI=1S/C9H9N3O2/c1-5-8(9(13)14)11-7-4-2-3-6(10)12(5)7/h2-4H,10H2,1H3,(H,13,14). The van der Waals surface area contributed by atoms with Crippen LogP contribution < -0.4 is 5.73 Å². The molecule has 0 spiro atoms. The molecule has 2 heterocycles. The Bertz CT molecular complexity index is 516. The van der Waals surface area contributed by atoms with Gasteiger partial charge >= 0.3 is 5.97 Å². The first-order chi connectivity index (χ1) is 6.61. The van der Waals surface area contributed by atoms with Crippen molar-refractivity contribution < 1.29 is 9.90 Å². The lowest BCUT2D eigenvalue weighted by Crippen LogP contribution is -2.01. The van der Waals surface area contributed by atoms with Gasteiger partial charge in [-0.1, -0.05) is 6.07 Å². The molecule has 3 N–H and O–H groups in total. The molecule has 0 unspecified atom stereocenters. The predicted molar refractivity (Wildman–Crippen MR) is 51.3 cm³/mol. The summed E-state index contributed by atoms with van der Waals surface area (Å²) in [7, 11) is 0. The lowest BCUT2D eigenvalue weighted by Gasteiger charge is -1.99. The average molecular weight is 191 g/mol. The third-order valence-corrected chi connectivity index (χ3v) is 2.11. The summed E-state index contributed by atoms with van der Waals surface area (Å²) in [6, 6.07) is 5.16. The molecule has 5 nitrogen and oxygen atoms in total. The van der Waals surface area contributed by atoms with E-state index in [1.165, 1.54) is 0 Å². The van der Waals surface area contributed by atoms with E-state index in [2.05, 4.69) is 4.98 Å². The van der Waals surface area contributed by atoms with Crippen molar-refractivity contribution in [1.29, 1.82) is 0 Å². The van der Waals surface area contributed by atoms with Crippen LogP contribution in [0.15, 0.2) is 18.2 Å². The van der Waals surface area contributed by atoms with Crippen LogP contribution in [0.3, 0.4) is 0 Å². The molecule has 14 heavy (non-hydrogen) atoms. The first-order valence-electron chi connectivity index (χ1n) is 4.08. The molecule has 2 rings (SSSR count). The zero-order valence-electron chi connectivity index (χ0n) is 7.56. The molecule has 0 aliphatic carbocycles. The second-order valence-electron chi connectivity index (χ2n) is 3.00. The molecule has 72 valence electrons. The van der Waals surface area contributed by atoms with Gasteiger partial charge in [0.05, 0.1) is 5.69 Å². The van der Waals surface area contributed by atoms with Crippen molar-refractivity contribution in [3.8, 4) is 0 Å². The fourth-order valence-corrected chi connectivity index (χ4v) is 1.47. The molecule has 0 aliphatic heterocycles. The Morgan fingerprint density at radius 1 is 1.57 bits per heavy atom. The molecular weight excluding hydrogens is 182 g/mol. The number of aromatic nitrogens is 2. The third-order valence-electron chi connectivity index (χ3n) is 2.11. The number of fused-ring (bicyclic) bond motifs is 1. The maximum atomic E-state index is 10.8. The molecular formula is C9H9N3O2. The highest BCUT2D eigenvalue weighted by atomic mass is 16.4. The summed E-state index contributed by atoms with van der Waals surface area (Å²) in [4.78, 5) is 14.7. The summed E-state index contributed by atoms with van der Waals surface area (Å²) >= 11 is 0. The maximum Gasteiger partial charge on any atom is 0.356 e. The van der Waals surface area contributed by atoms with E-state index in [9.17, 15) is 4.79 Å². The second-order valence-corrected chi connectivity index (χ2v) is 3.00. The number of carboxylic acids is 1. The minimum atomic E-state index is -1.04. The number of anilines is 1. The van der Waals surface area contributed by atoms with Gasteiger partial charge in [-0.15, -0.1) is 0 Å². The number of hydrogen-bond acceptors (Lipinski definition) is 3. The number of carbonyl (C=O) groups is 1. The van der Waals surface area contributed by atoms with Gasteiger partial charge in [0.2, 0.25) is 0 Å². The van der Waals surface area contributed by atoms with Crippen molar-refractivity contribution in [2.24, 2.45) is 0 Å². The van der Waals surface area contributed by atoms with E-state index in [0.717, 1.165) is 0 Å². The predicted octanol–water partition coefficient (Wildman–Crippen LogP) is 0.923. The van der Waals surface area contributed by atoms with E-state index >= 15 is 0 Å². The van der Waals surface area contributed by atoms with E-state index in [1.54, 1.807) is 29.5 Å². The summed E-state index contributed by atoms with van der Waals surface area (Å²) in [5, 5.41) is 8.84. The highest BCUT2D eigenvalue weighted by Gasteiger charge is 2.15. The van der Waals surface area contributed by atoms with Crippen LogP contribution in [0, 0.1) is 6.92 Å². The monoisotopic (exact) mass is 191 g/mol. The van der Waals surface area contributed by atoms with E-state index in [4.69, 9.17) is 10.8 Å². The first kappa shape index (κ1) is 8.55. The lowest BCUT2D eigenvalue weighted by molar-refractivity contribution is 0.0690. The molecule has 0 aromatic carbocycles. The van der Waals surface area contributed by atoms with Gasteiger partial charge in [0, 0.05) is 0 Å². The molecule has 0 amide bonds. The first-order valence-corrected chi connectivity index (χ1v) is 4.08. The van der Waals surface area contributed by atoms with Crippen molar-refractivity contribution in [3.05, 3.63) is 29.6 Å². The Morgan fingerprint density at radius 2 is 2.29 bits per heavy atom. The number of rotatable bonds is 1. The summed E-state index contributed by atoms with van der Waals surface area (Å²) < 4.78 is 1.61. The number of carboxylic acid groups (broad SMARTS) is 1. The smallest absolute Gasteiger partial charge is 0.356 e. The van der Waals surface area contributed by atoms with Crippen LogP contribution in [-0.2, 0) is 0 Å². The van der Waals surface area contributed by atoms with Crippen molar-refractivity contribution in [1.82, 2.24) is 9.38 Å². The number of nitrogens with two attached hydrogens (primary N) is 1. The number of aryl methyl sites for hydroxylation is 1. The van der Waals surface area contributed by atoms with Crippen LogP contribution in [0.25, 0.3) is 5.65 Å². The molecule has 5 heteroatoms. The summed E-state index contributed by atoms with van der Waals surface area (Å²) in [6.07, 6.45) is 0. The fraction of sp³-hybridized carbons (Fsp3) is 0.111. The topological polar surface area (TPSA) is 80.6 Å². The van der Waals surface area contributed by atoms with Gasteiger partial charge in [0.1, 0.15) is 11.5 Å². The summed E-state index contributed by atoms with van der Waals surface area (Å²) in [6.45, 7) is 1.68. The quantitative estimate of drug-likeness (QED) is 0.702. The molecule has 0 aliphatic rings. The van der Waals surface area contributed by atoms with Crippen molar-refractivity contribution in [2.75, 3.05) is 5.73 Å². The third kappa shape index (κ3) is 1.02. The van der Waals surface area contributed by atoms with Crippen molar-refractivity contribution in [3.63, 3.8) is 0 Å². The van der Waals surface area contributed by atoms with Crippen LogP contribution in [-0.4, -0.2) is 20.5 Å². The van der Waals surface area contributed by atoms with Gasteiger partial charge < -0.3 is 10.8 Å². The normalized spacial score (nSPS) is 10.6. The zero-order valence-corrected chi connectivity index (χ0v) is 7.56. The van der Waals surface area contributed by atoms with Crippen LogP contribution in [0.2, 0.25) is 0 Å². The molecule has 0 fully saturated rings. The Balaban J connectivity index is 2.87. The van der Waals surface area contributed by atoms with E-state index in [0.29, 0.717) is 17.2 Å². The summed E-state index contributed by atoms with van der Waals surface area (Å²) in [5.74, 6) is -0.550.